The van der Waals surface area contributed by atoms with E-state index in [1.54, 1.807) is 0 Å². The molecule has 0 fully saturated rings. The van der Waals surface area contributed by atoms with Gasteiger partial charge in [0.25, 0.3) is 0 Å². The van der Waals surface area contributed by atoms with Crippen molar-refractivity contribution in [3.63, 3.8) is 0 Å². The van der Waals surface area contributed by atoms with Crippen molar-refractivity contribution in [3.05, 3.63) is 107 Å². The van der Waals surface area contributed by atoms with Gasteiger partial charge in [0.1, 0.15) is 5.82 Å². The largest absolute Gasteiger partial charge is 0.361 e. The van der Waals surface area contributed by atoms with E-state index in [1.807, 2.05) is 30.7 Å². The zero-order chi connectivity index (χ0) is 25.2. The Morgan fingerprint density at radius 3 is 2.37 bits per heavy atom. The average molecular weight is 554 g/mol. The number of aliphatic imine (C=N–C) groups is 1. The van der Waals surface area contributed by atoms with Crippen LogP contribution in [0.25, 0.3) is 65.8 Å². The Bertz CT molecular complexity index is 2210. The fourth-order valence-electron chi connectivity index (χ4n) is 5.50. The fourth-order valence-corrected chi connectivity index (χ4v) is 5.86. The summed E-state index contributed by atoms with van der Waals surface area (Å²) in [4.78, 5) is 20.3. The van der Waals surface area contributed by atoms with Crippen LogP contribution >= 0.6 is 15.9 Å². The molecule has 0 saturated heterocycles. The lowest BCUT2D eigenvalue weighted by Crippen LogP contribution is -1.83. The lowest BCUT2D eigenvalue weighted by molar-refractivity contribution is 1.34. The summed E-state index contributed by atoms with van der Waals surface area (Å²) in [5.41, 5.74) is 7.17. The first-order valence-corrected chi connectivity index (χ1v) is 13.2. The van der Waals surface area contributed by atoms with Gasteiger partial charge in [0.15, 0.2) is 0 Å². The number of halogens is 1. The summed E-state index contributed by atoms with van der Waals surface area (Å²) in [5.74, 6) is 0.855. The number of hydrogen-bond donors (Lipinski definition) is 3. The Labute approximate surface area is 225 Å². The number of para-hydroxylation sites is 1. The summed E-state index contributed by atoms with van der Waals surface area (Å²) < 4.78 is 1.05. The molecule has 0 aliphatic rings. The van der Waals surface area contributed by atoms with Gasteiger partial charge in [0.2, 0.25) is 0 Å². The molecule has 0 unspecified atom stereocenters. The number of nitrogens with one attached hydrogen (secondary N) is 3. The molecule has 3 heterocycles. The standard InChI is InChI=1S/C32H20BrN5/c33-19-9-12-29-25(13-19)18(16-35-29)15-34-20-10-11-22-21-5-1-2-7-24(21)30-31(26(22)14-20)38-32(37-30)27-17-36-28-8-4-3-6-23(27)28/h1-17,35-36H,(H,37,38). The van der Waals surface area contributed by atoms with E-state index in [9.17, 15) is 0 Å². The number of benzene rings is 5. The predicted molar refractivity (Wildman–Crippen MR) is 162 cm³/mol. The lowest BCUT2D eigenvalue weighted by Gasteiger charge is -2.07. The van der Waals surface area contributed by atoms with E-state index in [1.165, 1.54) is 10.8 Å². The van der Waals surface area contributed by atoms with Crippen molar-refractivity contribution in [2.45, 2.75) is 0 Å². The van der Waals surface area contributed by atoms with E-state index >= 15 is 0 Å². The molecule has 5 aromatic carbocycles. The molecule has 8 aromatic rings. The molecule has 6 heteroatoms. The molecular formula is C32H20BrN5. The van der Waals surface area contributed by atoms with Crippen LogP contribution < -0.4 is 0 Å². The van der Waals surface area contributed by atoms with Gasteiger partial charge in [-0.3, -0.25) is 4.99 Å². The molecule has 0 spiro atoms. The second-order valence-corrected chi connectivity index (χ2v) is 10.4. The molecule has 0 bridgehead atoms. The molecule has 0 atom stereocenters. The van der Waals surface area contributed by atoms with E-state index in [-0.39, 0.29) is 0 Å². The van der Waals surface area contributed by atoms with E-state index in [2.05, 4.69) is 104 Å². The molecule has 180 valence electrons. The minimum absolute atomic E-state index is 0.855. The van der Waals surface area contributed by atoms with Crippen molar-refractivity contribution in [3.8, 4) is 11.4 Å². The minimum Gasteiger partial charge on any atom is -0.361 e. The highest BCUT2D eigenvalue weighted by Crippen LogP contribution is 2.38. The molecule has 0 aliphatic heterocycles. The Hall–Kier alpha value is -4.68. The van der Waals surface area contributed by atoms with Gasteiger partial charge in [-0.2, -0.15) is 0 Å². The third-order valence-electron chi connectivity index (χ3n) is 7.32. The molecule has 38 heavy (non-hydrogen) atoms. The van der Waals surface area contributed by atoms with E-state index in [4.69, 9.17) is 9.98 Å². The zero-order valence-electron chi connectivity index (χ0n) is 20.1. The maximum absolute atomic E-state index is 5.12. The third kappa shape index (κ3) is 3.24. The van der Waals surface area contributed by atoms with Gasteiger partial charge < -0.3 is 15.0 Å². The van der Waals surface area contributed by atoms with Crippen molar-refractivity contribution < 1.29 is 0 Å². The monoisotopic (exact) mass is 553 g/mol. The summed E-state index contributed by atoms with van der Waals surface area (Å²) in [6.45, 7) is 0. The molecular weight excluding hydrogens is 534 g/mol. The number of rotatable bonds is 3. The maximum Gasteiger partial charge on any atom is 0.140 e. The number of fused-ring (bicyclic) bond motifs is 8. The lowest BCUT2D eigenvalue weighted by atomic mass is 9.99. The van der Waals surface area contributed by atoms with E-state index in [0.717, 1.165) is 70.7 Å². The second-order valence-electron chi connectivity index (χ2n) is 9.52. The smallest absolute Gasteiger partial charge is 0.140 e. The van der Waals surface area contributed by atoms with E-state index < -0.39 is 0 Å². The topological polar surface area (TPSA) is 72.6 Å². The number of aromatic amines is 3. The first kappa shape index (κ1) is 21.4. The Balaban J connectivity index is 1.33. The van der Waals surface area contributed by atoms with Gasteiger partial charge >= 0.3 is 0 Å². The highest BCUT2D eigenvalue weighted by atomic mass is 79.9. The Morgan fingerprint density at radius 1 is 0.684 bits per heavy atom. The number of aromatic nitrogens is 4. The van der Waals surface area contributed by atoms with Crippen molar-refractivity contribution in [1.29, 1.82) is 0 Å². The Morgan fingerprint density at radius 2 is 1.45 bits per heavy atom. The maximum atomic E-state index is 5.12. The zero-order valence-corrected chi connectivity index (χ0v) is 21.7. The van der Waals surface area contributed by atoms with Crippen LogP contribution in [0, 0.1) is 0 Å². The molecule has 0 radical (unpaired) electrons. The third-order valence-corrected chi connectivity index (χ3v) is 7.81. The van der Waals surface area contributed by atoms with E-state index in [0.29, 0.717) is 0 Å². The normalized spacial score (nSPS) is 12.2. The van der Waals surface area contributed by atoms with Gasteiger partial charge in [-0.1, -0.05) is 64.5 Å². The van der Waals surface area contributed by atoms with Gasteiger partial charge in [-0.25, -0.2) is 4.98 Å². The molecule has 5 nitrogen and oxygen atoms in total. The number of H-pyrrole nitrogens is 3. The average Bonchev–Trinajstić information content (AvgIpc) is 3.68. The molecule has 8 rings (SSSR count). The van der Waals surface area contributed by atoms with Crippen molar-refractivity contribution in [1.82, 2.24) is 19.9 Å². The first-order chi connectivity index (χ1) is 18.7. The van der Waals surface area contributed by atoms with Crippen LogP contribution in [0.15, 0.2) is 107 Å². The minimum atomic E-state index is 0.855. The van der Waals surface area contributed by atoms with Crippen LogP contribution in [0.2, 0.25) is 0 Å². The number of hydrogen-bond acceptors (Lipinski definition) is 2. The molecule has 0 saturated carbocycles. The van der Waals surface area contributed by atoms with Crippen molar-refractivity contribution in [2.24, 2.45) is 4.99 Å². The molecule has 3 aromatic heterocycles. The van der Waals surface area contributed by atoms with Crippen LogP contribution in [0.5, 0.6) is 0 Å². The van der Waals surface area contributed by atoms with Crippen LogP contribution in [-0.2, 0) is 0 Å². The van der Waals surface area contributed by atoms with Crippen molar-refractivity contribution >= 4 is 82.2 Å². The first-order valence-electron chi connectivity index (χ1n) is 12.4. The number of imidazole rings is 1. The van der Waals surface area contributed by atoms with Gasteiger partial charge in [0, 0.05) is 66.8 Å². The molecule has 3 N–H and O–H groups in total. The van der Waals surface area contributed by atoms with Crippen LogP contribution in [0.1, 0.15) is 5.56 Å². The Kier molecular flexibility index (Phi) is 4.60. The highest BCUT2D eigenvalue weighted by Gasteiger charge is 2.16. The summed E-state index contributed by atoms with van der Waals surface area (Å²) in [7, 11) is 0. The summed E-state index contributed by atoms with van der Waals surface area (Å²) in [6, 6.07) is 29.4. The summed E-state index contributed by atoms with van der Waals surface area (Å²) >= 11 is 3.58. The number of nitrogens with zero attached hydrogens (tertiary/aromatic N) is 2. The summed E-state index contributed by atoms with van der Waals surface area (Å²) in [6.07, 6.45) is 5.95. The van der Waals surface area contributed by atoms with Crippen LogP contribution in [0.4, 0.5) is 5.69 Å². The van der Waals surface area contributed by atoms with Gasteiger partial charge in [0.05, 0.1) is 16.7 Å². The fraction of sp³-hybridized carbons (Fsp3) is 0. The van der Waals surface area contributed by atoms with Gasteiger partial charge in [-0.05, 0) is 47.2 Å². The van der Waals surface area contributed by atoms with Crippen LogP contribution in [-0.4, -0.2) is 26.2 Å². The quantitative estimate of drug-likeness (QED) is 0.148. The predicted octanol–water partition coefficient (Wildman–Crippen LogP) is 9.01. The van der Waals surface area contributed by atoms with Gasteiger partial charge in [-0.15, -0.1) is 0 Å². The SMILES string of the molecule is Brc1ccc2[nH]cc(C=Nc3ccc4c5ccccc5c5nc(-c6c[nH]c7ccccc67)[nH]c5c4c3)c2c1. The second kappa shape index (κ2) is 8.16. The van der Waals surface area contributed by atoms with Crippen LogP contribution in [0.3, 0.4) is 0 Å². The molecule has 0 amide bonds. The summed E-state index contributed by atoms with van der Waals surface area (Å²) in [5, 5.41) is 6.89. The highest BCUT2D eigenvalue weighted by molar-refractivity contribution is 9.10. The van der Waals surface area contributed by atoms with Crippen molar-refractivity contribution in [2.75, 3.05) is 0 Å². The molecule has 0 aliphatic carbocycles.